The molecule has 2 heterocycles. The first-order chi connectivity index (χ1) is 13.8. The number of nitrogens with one attached hydrogen (secondary N) is 1. The molecule has 0 bridgehead atoms. The van der Waals surface area contributed by atoms with Crippen LogP contribution < -0.4 is 5.32 Å². The highest BCUT2D eigenvalue weighted by Gasteiger charge is 2.38. The van der Waals surface area contributed by atoms with E-state index in [2.05, 4.69) is 21.6 Å². The number of anilines is 1. The molecule has 1 aromatic rings. The maximum atomic E-state index is 13.4. The van der Waals surface area contributed by atoms with Crippen LogP contribution in [0.4, 0.5) is 10.2 Å². The molecule has 0 unspecified atom stereocenters. The van der Waals surface area contributed by atoms with E-state index in [1.807, 2.05) is 0 Å². The van der Waals surface area contributed by atoms with Gasteiger partial charge in [0.2, 0.25) is 5.95 Å². The van der Waals surface area contributed by atoms with Crippen LogP contribution in [0.1, 0.15) is 45.4 Å². The van der Waals surface area contributed by atoms with Crippen molar-refractivity contribution < 1.29 is 17.6 Å². The van der Waals surface area contributed by atoms with Gasteiger partial charge < -0.3 is 5.32 Å². The number of aromatic nitrogens is 1. The standard InChI is InChI=1S/C20H25FN4O3S/c1-13-5-9-15(10-6-13)16-11-17(20(26)23-19-4-2-3-18(21)22-19)25(12-14-7-8-14)29(27,28)24-16/h2-4,11,13-15H,5-10,12H2,1H3,(H,22,23,26). The normalized spacial score (nSPS) is 26.5. The Bertz CT molecular complexity index is 964. The Morgan fingerprint density at radius 3 is 2.59 bits per heavy atom. The van der Waals surface area contributed by atoms with E-state index in [4.69, 9.17) is 0 Å². The molecule has 3 aliphatic rings. The molecule has 0 saturated heterocycles. The minimum atomic E-state index is -3.99. The molecular weight excluding hydrogens is 395 g/mol. The molecule has 2 aliphatic carbocycles. The zero-order valence-corrected chi connectivity index (χ0v) is 17.2. The summed E-state index contributed by atoms with van der Waals surface area (Å²) in [5.41, 5.74) is 0.480. The number of nitrogens with zero attached hydrogens (tertiary/aromatic N) is 3. The Kier molecular flexibility index (Phi) is 5.42. The monoisotopic (exact) mass is 420 g/mol. The van der Waals surface area contributed by atoms with Gasteiger partial charge in [-0.3, -0.25) is 4.79 Å². The highest BCUT2D eigenvalue weighted by atomic mass is 32.2. The van der Waals surface area contributed by atoms with Crippen molar-refractivity contribution in [3.8, 4) is 0 Å². The van der Waals surface area contributed by atoms with Crippen molar-refractivity contribution in [3.63, 3.8) is 0 Å². The minimum absolute atomic E-state index is 0.0270. The molecule has 1 aromatic heterocycles. The fourth-order valence-electron chi connectivity index (χ4n) is 3.86. The van der Waals surface area contributed by atoms with E-state index in [1.165, 1.54) is 18.2 Å². The zero-order chi connectivity index (χ0) is 20.6. The molecule has 156 valence electrons. The second kappa shape index (κ2) is 7.85. The van der Waals surface area contributed by atoms with E-state index in [-0.39, 0.29) is 29.9 Å². The molecule has 1 amide bonds. The van der Waals surface area contributed by atoms with Gasteiger partial charge in [-0.15, -0.1) is 4.40 Å². The summed E-state index contributed by atoms with van der Waals surface area (Å²) < 4.78 is 44.4. The third kappa shape index (κ3) is 4.66. The SMILES string of the molecule is CC1CCC(C2=NS(=O)(=O)N(CC3CC3)C(C(=O)Nc3cccc(F)n3)=C2)CC1. The number of halogens is 1. The molecule has 0 spiro atoms. The quantitative estimate of drug-likeness (QED) is 0.740. The Morgan fingerprint density at radius 2 is 1.93 bits per heavy atom. The van der Waals surface area contributed by atoms with Gasteiger partial charge in [-0.25, -0.2) is 9.29 Å². The predicted molar refractivity (Wildman–Crippen MR) is 108 cm³/mol. The number of carbonyl (C=O) groups is 1. The summed E-state index contributed by atoms with van der Waals surface area (Å²) in [6, 6.07) is 4.07. The maximum Gasteiger partial charge on any atom is 0.345 e. The summed E-state index contributed by atoms with van der Waals surface area (Å²) in [6.45, 7) is 2.42. The van der Waals surface area contributed by atoms with Crippen LogP contribution in [0.2, 0.25) is 0 Å². The summed E-state index contributed by atoms with van der Waals surface area (Å²) in [5, 5.41) is 2.52. The van der Waals surface area contributed by atoms with Gasteiger partial charge >= 0.3 is 10.2 Å². The Morgan fingerprint density at radius 1 is 1.21 bits per heavy atom. The highest BCUT2D eigenvalue weighted by Crippen LogP contribution is 2.36. The first-order valence-electron chi connectivity index (χ1n) is 10.1. The fraction of sp³-hybridized carbons (Fsp3) is 0.550. The van der Waals surface area contributed by atoms with Gasteiger partial charge in [-0.05, 0) is 55.7 Å². The van der Waals surface area contributed by atoms with Crippen molar-refractivity contribution in [2.45, 2.75) is 45.4 Å². The maximum absolute atomic E-state index is 13.4. The molecule has 2 fully saturated rings. The van der Waals surface area contributed by atoms with Crippen LogP contribution in [0.3, 0.4) is 0 Å². The van der Waals surface area contributed by atoms with E-state index in [0.717, 1.165) is 42.8 Å². The van der Waals surface area contributed by atoms with Gasteiger partial charge in [0.15, 0.2) is 0 Å². The summed E-state index contributed by atoms with van der Waals surface area (Å²) in [6.07, 6.45) is 7.20. The van der Waals surface area contributed by atoms with Crippen LogP contribution in [-0.4, -0.2) is 35.9 Å². The van der Waals surface area contributed by atoms with Gasteiger partial charge in [0.1, 0.15) is 11.5 Å². The van der Waals surface area contributed by atoms with Crippen molar-refractivity contribution in [2.24, 2.45) is 22.2 Å². The highest BCUT2D eigenvalue weighted by molar-refractivity contribution is 7.88. The molecule has 9 heteroatoms. The van der Waals surface area contributed by atoms with Crippen LogP contribution in [-0.2, 0) is 15.0 Å². The summed E-state index contributed by atoms with van der Waals surface area (Å²) in [7, 11) is -3.99. The van der Waals surface area contributed by atoms with Crippen LogP contribution in [0.15, 0.2) is 34.4 Å². The van der Waals surface area contributed by atoms with Gasteiger partial charge in [-0.2, -0.15) is 12.8 Å². The van der Waals surface area contributed by atoms with E-state index in [1.54, 1.807) is 6.08 Å². The Labute approximate surface area is 170 Å². The number of hydrogen-bond acceptors (Lipinski definition) is 4. The average molecular weight is 421 g/mol. The van der Waals surface area contributed by atoms with Crippen molar-refractivity contribution in [3.05, 3.63) is 35.9 Å². The molecule has 4 rings (SSSR count). The van der Waals surface area contributed by atoms with E-state index in [0.29, 0.717) is 11.6 Å². The molecular formula is C20H25FN4O3S. The van der Waals surface area contributed by atoms with Crippen molar-refractivity contribution in [2.75, 3.05) is 11.9 Å². The molecule has 0 radical (unpaired) electrons. The zero-order valence-electron chi connectivity index (χ0n) is 16.3. The summed E-state index contributed by atoms with van der Waals surface area (Å²) in [5.74, 6) is -0.426. The Hall–Kier alpha value is -2.29. The van der Waals surface area contributed by atoms with Crippen LogP contribution in [0.25, 0.3) is 0 Å². The lowest BCUT2D eigenvalue weighted by Gasteiger charge is -2.31. The topological polar surface area (TPSA) is 91.7 Å². The molecule has 1 N–H and O–H groups in total. The van der Waals surface area contributed by atoms with E-state index >= 15 is 0 Å². The summed E-state index contributed by atoms with van der Waals surface area (Å²) >= 11 is 0. The van der Waals surface area contributed by atoms with Crippen molar-refractivity contribution in [1.29, 1.82) is 0 Å². The lowest BCUT2D eigenvalue weighted by Crippen LogP contribution is -2.40. The first kappa shape index (κ1) is 20.0. The molecule has 1 aliphatic heterocycles. The molecule has 2 saturated carbocycles. The lowest BCUT2D eigenvalue weighted by atomic mass is 9.80. The third-order valence-electron chi connectivity index (χ3n) is 5.80. The molecule has 29 heavy (non-hydrogen) atoms. The van der Waals surface area contributed by atoms with Crippen LogP contribution in [0.5, 0.6) is 0 Å². The van der Waals surface area contributed by atoms with Crippen LogP contribution >= 0.6 is 0 Å². The number of carbonyl (C=O) groups excluding carboxylic acids is 1. The molecule has 0 atom stereocenters. The van der Waals surface area contributed by atoms with Gasteiger partial charge in [0.05, 0.1) is 5.71 Å². The van der Waals surface area contributed by atoms with Crippen LogP contribution in [0, 0.1) is 23.7 Å². The smallest absolute Gasteiger partial charge is 0.305 e. The van der Waals surface area contributed by atoms with Gasteiger partial charge in [-0.1, -0.05) is 25.8 Å². The second-order valence-corrected chi connectivity index (χ2v) is 9.77. The largest absolute Gasteiger partial charge is 0.345 e. The van der Waals surface area contributed by atoms with Gasteiger partial charge in [0.25, 0.3) is 5.91 Å². The molecule has 0 aromatic carbocycles. The second-order valence-electron chi connectivity index (χ2n) is 8.25. The number of allylic oxidation sites excluding steroid dienone is 1. The summed E-state index contributed by atoms with van der Waals surface area (Å²) in [4.78, 5) is 16.6. The minimum Gasteiger partial charge on any atom is -0.305 e. The number of rotatable bonds is 5. The third-order valence-corrected chi connectivity index (χ3v) is 7.14. The Balaban J connectivity index is 1.63. The van der Waals surface area contributed by atoms with Crippen molar-refractivity contribution >= 4 is 27.6 Å². The number of amides is 1. The molecule has 7 nitrogen and oxygen atoms in total. The number of hydrogen-bond donors (Lipinski definition) is 1. The van der Waals surface area contributed by atoms with E-state index in [9.17, 15) is 17.6 Å². The number of pyridine rings is 1. The lowest BCUT2D eigenvalue weighted by molar-refractivity contribution is -0.113. The fourth-order valence-corrected chi connectivity index (χ4v) is 5.21. The van der Waals surface area contributed by atoms with Gasteiger partial charge in [0, 0.05) is 12.5 Å². The first-order valence-corrected chi connectivity index (χ1v) is 11.5. The van der Waals surface area contributed by atoms with Crippen molar-refractivity contribution in [1.82, 2.24) is 9.29 Å². The van der Waals surface area contributed by atoms with E-state index < -0.39 is 22.1 Å². The average Bonchev–Trinajstić information content (AvgIpc) is 3.48. The predicted octanol–water partition coefficient (Wildman–Crippen LogP) is 3.28.